The summed E-state index contributed by atoms with van der Waals surface area (Å²) in [6.45, 7) is 10.5. The Balaban J connectivity index is -0.000000317. The summed E-state index contributed by atoms with van der Waals surface area (Å²) >= 11 is 0. The molecule has 0 spiro atoms. The number of nitrogens with zero attached hydrogens (tertiary/aromatic N) is 2. The molecule has 8 heteroatoms. The maximum absolute atomic E-state index is 10.2. The summed E-state index contributed by atoms with van der Waals surface area (Å²) in [5.74, 6) is 0.294. The summed E-state index contributed by atoms with van der Waals surface area (Å²) < 4.78 is 9.37. The summed E-state index contributed by atoms with van der Waals surface area (Å²) in [7, 11) is 0. The van der Waals surface area contributed by atoms with Gasteiger partial charge in [-0.1, -0.05) is 6.47 Å². The van der Waals surface area contributed by atoms with Gasteiger partial charge in [0.1, 0.15) is 0 Å². The number of hydrogen-bond donors (Lipinski definition) is 0. The SMILES string of the molecule is CC(C)(C)O[C-]=O.[CH2-]COc1ccc([N+](=O)[O-])nc1.[CH3-].[Li+]. The van der Waals surface area contributed by atoms with Crippen LogP contribution in [0.15, 0.2) is 18.3 Å². The van der Waals surface area contributed by atoms with E-state index in [2.05, 4.69) is 16.6 Å². The van der Waals surface area contributed by atoms with Crippen LogP contribution in [0, 0.1) is 24.5 Å². The second-order valence-electron chi connectivity index (χ2n) is 4.26. The maximum atomic E-state index is 10.2. The van der Waals surface area contributed by atoms with Crippen molar-refractivity contribution < 1.29 is 38.1 Å². The topological polar surface area (TPSA) is 91.6 Å². The van der Waals surface area contributed by atoms with E-state index in [-0.39, 0.29) is 44.3 Å². The monoisotopic (exact) mass is 290 g/mol. The van der Waals surface area contributed by atoms with Gasteiger partial charge in [0.25, 0.3) is 0 Å². The molecule has 1 aromatic heterocycles. The van der Waals surface area contributed by atoms with Crippen LogP contribution in [0.25, 0.3) is 0 Å². The summed E-state index contributed by atoms with van der Waals surface area (Å²) in [5.41, 5.74) is -0.373. The fourth-order valence-corrected chi connectivity index (χ4v) is 0.809. The molecule has 0 aliphatic rings. The van der Waals surface area contributed by atoms with Crippen LogP contribution in [0.4, 0.5) is 5.82 Å². The number of hydrogen-bond acceptors (Lipinski definition) is 6. The van der Waals surface area contributed by atoms with Crippen molar-refractivity contribution >= 4 is 12.3 Å². The van der Waals surface area contributed by atoms with Gasteiger partial charge in [0.15, 0.2) is 11.9 Å². The Bertz CT molecular complexity index is 404. The standard InChI is InChI=1S/C7H7N2O3.C5H9O2.CH3.Li/c1-2-12-6-3-4-7(8-5-6)9(10)11;1-5(2,3)7-4-6;;/h3-5H,1-2H2;1-3H3;1H3;/q3*-1;+1. The molecule has 114 valence electrons. The fraction of sp³-hybridized carbons (Fsp3) is 0.385. The summed E-state index contributed by atoms with van der Waals surface area (Å²) in [4.78, 5) is 22.6. The predicted octanol–water partition coefficient (Wildman–Crippen LogP) is -0.474. The third-order valence-electron chi connectivity index (χ3n) is 1.52. The van der Waals surface area contributed by atoms with Gasteiger partial charge in [0.2, 0.25) is 0 Å². The number of aromatic nitrogens is 1. The number of ether oxygens (including phenoxy) is 2. The van der Waals surface area contributed by atoms with Crippen molar-refractivity contribution in [2.75, 3.05) is 6.61 Å². The van der Waals surface area contributed by atoms with E-state index in [9.17, 15) is 14.9 Å². The predicted molar refractivity (Wildman–Crippen MR) is 74.7 cm³/mol. The van der Waals surface area contributed by atoms with Gasteiger partial charge in [0.05, 0.1) is 5.60 Å². The zero-order valence-corrected chi connectivity index (χ0v) is 13.1. The molecule has 0 aliphatic carbocycles. The van der Waals surface area contributed by atoms with E-state index in [0.717, 1.165) is 0 Å². The van der Waals surface area contributed by atoms with Gasteiger partial charge in [-0.2, -0.15) is 0 Å². The van der Waals surface area contributed by atoms with Gasteiger partial charge in [-0.15, -0.1) is 0 Å². The molecule has 1 aromatic rings. The van der Waals surface area contributed by atoms with Gasteiger partial charge in [-0.25, -0.2) is 0 Å². The van der Waals surface area contributed by atoms with Crippen molar-refractivity contribution in [1.82, 2.24) is 4.98 Å². The number of carbonyl (C=O) groups excluding carboxylic acids is 1. The van der Waals surface area contributed by atoms with Crippen LogP contribution in [-0.2, 0) is 9.53 Å². The first-order chi connectivity index (χ1) is 8.80. The summed E-state index contributed by atoms with van der Waals surface area (Å²) in [5, 5.41) is 10.2. The van der Waals surface area contributed by atoms with Crippen molar-refractivity contribution in [3.8, 4) is 5.75 Å². The number of pyridine rings is 1. The Kier molecular flexibility index (Phi) is 14.2. The third kappa shape index (κ3) is 13.2. The van der Waals surface area contributed by atoms with Gasteiger partial charge < -0.3 is 38.7 Å². The van der Waals surface area contributed by atoms with Crippen molar-refractivity contribution in [2.24, 2.45) is 0 Å². The molecule has 1 rings (SSSR count). The molecule has 0 aliphatic heterocycles. The molecule has 0 aromatic carbocycles. The minimum Gasteiger partial charge on any atom is -0.649 e. The van der Waals surface area contributed by atoms with Crippen LogP contribution < -0.4 is 23.6 Å². The molecule has 0 saturated heterocycles. The molecule has 0 atom stereocenters. The van der Waals surface area contributed by atoms with Gasteiger partial charge >= 0.3 is 24.7 Å². The Morgan fingerprint density at radius 1 is 1.43 bits per heavy atom. The average Bonchev–Trinajstić information content (AvgIpc) is 2.29. The first-order valence-electron chi connectivity index (χ1n) is 5.38. The molecule has 1 heterocycles. The van der Waals surface area contributed by atoms with E-state index in [4.69, 9.17) is 4.74 Å². The molecule has 0 amide bonds. The molecule has 7 nitrogen and oxygen atoms in total. The molecule has 0 saturated carbocycles. The van der Waals surface area contributed by atoms with E-state index in [0.29, 0.717) is 5.75 Å². The summed E-state index contributed by atoms with van der Waals surface area (Å²) in [6.07, 6.45) is 1.29. The molecule has 0 bridgehead atoms. The molecule has 0 N–H and O–H groups in total. The molecule has 0 fully saturated rings. The van der Waals surface area contributed by atoms with Crippen LogP contribution in [0.5, 0.6) is 5.75 Å². The Morgan fingerprint density at radius 3 is 2.24 bits per heavy atom. The van der Waals surface area contributed by atoms with Crippen molar-refractivity contribution in [1.29, 1.82) is 0 Å². The number of rotatable bonds is 4. The van der Waals surface area contributed by atoms with Gasteiger partial charge in [0, 0.05) is 6.07 Å². The van der Waals surface area contributed by atoms with Crippen LogP contribution >= 0.6 is 0 Å². The van der Waals surface area contributed by atoms with Crippen molar-refractivity contribution in [2.45, 2.75) is 26.4 Å². The maximum Gasteiger partial charge on any atom is 1.00 e. The van der Waals surface area contributed by atoms with Gasteiger partial charge in [-0.3, -0.25) is 0 Å². The molecular formula is C13H19LiN2O5-2. The minimum atomic E-state index is -0.562. The Morgan fingerprint density at radius 2 is 2.00 bits per heavy atom. The van der Waals surface area contributed by atoms with Crippen molar-refractivity contribution in [3.05, 3.63) is 42.8 Å². The fourth-order valence-electron chi connectivity index (χ4n) is 0.809. The van der Waals surface area contributed by atoms with Crippen LogP contribution in [0.1, 0.15) is 20.8 Å². The Labute approximate surface area is 137 Å². The Hall–Kier alpha value is -1.58. The van der Waals surface area contributed by atoms with E-state index in [1.54, 1.807) is 20.8 Å². The van der Waals surface area contributed by atoms with Crippen LogP contribution in [0.3, 0.4) is 0 Å². The van der Waals surface area contributed by atoms with Gasteiger partial charge in [-0.05, 0) is 43.4 Å². The first kappa shape index (κ1) is 24.4. The number of nitro groups is 1. The normalized spacial score (nSPS) is 8.95. The zero-order chi connectivity index (χ0) is 14.9. The largest absolute Gasteiger partial charge is 1.00 e. The molecule has 0 unspecified atom stereocenters. The first-order valence-corrected chi connectivity index (χ1v) is 5.38. The molecule has 21 heavy (non-hydrogen) atoms. The average molecular weight is 290 g/mol. The smallest absolute Gasteiger partial charge is 0.649 e. The zero-order valence-electron chi connectivity index (χ0n) is 13.1. The third-order valence-corrected chi connectivity index (χ3v) is 1.52. The van der Waals surface area contributed by atoms with Crippen molar-refractivity contribution in [3.63, 3.8) is 0 Å². The minimum absolute atomic E-state index is 0. The summed E-state index contributed by atoms with van der Waals surface area (Å²) in [6, 6.07) is 2.77. The second kappa shape index (κ2) is 12.2. The quantitative estimate of drug-likeness (QED) is 0.322. The van der Waals surface area contributed by atoms with E-state index >= 15 is 0 Å². The van der Waals surface area contributed by atoms with Crippen LogP contribution in [0.2, 0.25) is 0 Å². The van der Waals surface area contributed by atoms with E-state index in [1.807, 2.05) is 0 Å². The molecule has 0 radical (unpaired) electrons. The van der Waals surface area contributed by atoms with Crippen LogP contribution in [-0.4, -0.2) is 28.6 Å². The molecular weight excluding hydrogens is 271 g/mol. The second-order valence-corrected chi connectivity index (χ2v) is 4.26. The van der Waals surface area contributed by atoms with E-state index < -0.39 is 4.92 Å². The van der Waals surface area contributed by atoms with E-state index in [1.165, 1.54) is 24.8 Å².